The third kappa shape index (κ3) is 12.6. The summed E-state index contributed by atoms with van der Waals surface area (Å²) in [5.41, 5.74) is 0. The monoisotopic (exact) mass is 897 g/mol. The molecule has 0 spiro atoms. The first-order chi connectivity index (χ1) is 27.0. The van der Waals surface area contributed by atoms with Crippen LogP contribution in [0.3, 0.4) is 0 Å². The molecule has 0 amide bonds. The lowest BCUT2D eigenvalue weighted by Gasteiger charge is -2.39. The summed E-state index contributed by atoms with van der Waals surface area (Å²) in [6.45, 7) is 28.7. The van der Waals surface area contributed by atoms with Crippen LogP contribution < -0.4 is 0 Å². The van der Waals surface area contributed by atoms with E-state index in [1.807, 2.05) is 0 Å². The summed E-state index contributed by atoms with van der Waals surface area (Å²) < 4.78 is 27.5. The molecule has 4 saturated carbocycles. The van der Waals surface area contributed by atoms with E-state index >= 15 is 0 Å². The van der Waals surface area contributed by atoms with Crippen molar-refractivity contribution in [2.75, 3.05) is 0 Å². The van der Waals surface area contributed by atoms with Gasteiger partial charge in [-0.3, -0.25) is 0 Å². The summed E-state index contributed by atoms with van der Waals surface area (Å²) in [5, 5.41) is 0. The van der Waals surface area contributed by atoms with Crippen LogP contribution in [0, 0.1) is 71.0 Å². The lowest BCUT2D eigenvalue weighted by molar-refractivity contribution is 0.369. The summed E-state index contributed by atoms with van der Waals surface area (Å²) in [4.78, 5) is 0. The second kappa shape index (κ2) is 17.9. The van der Waals surface area contributed by atoms with Crippen LogP contribution in [0.4, 0.5) is 0 Å². The molecule has 8 aliphatic carbocycles. The number of rotatable bonds is 20. The molecule has 10 heteroatoms. The Morgan fingerprint density at radius 1 is 0.310 bits per heavy atom. The average Bonchev–Trinajstić information content (AvgIpc) is 3.97. The summed E-state index contributed by atoms with van der Waals surface area (Å²) in [7, 11) is -10.8. The molecule has 0 N–H and O–H groups in total. The lowest BCUT2D eigenvalue weighted by atomic mass is 9.91. The highest BCUT2D eigenvalue weighted by molar-refractivity contribution is 6.88. The van der Waals surface area contributed by atoms with Crippen LogP contribution in [0.25, 0.3) is 0 Å². The van der Waals surface area contributed by atoms with E-state index in [1.54, 1.807) is 0 Å². The molecule has 0 aromatic heterocycles. The standard InChI is InChI=1S/2C24H44O2Si3/c2*1-27(2,13-11-23-17-19-7-9-21(23)15-19)25-29(5,6)26-28(3,4)14-12-24-18-20-8-10-22(24)16-20/h2*7-10,19-24H,11-18H2,1-6H3. The fourth-order valence-electron chi connectivity index (χ4n) is 13.9. The van der Waals surface area contributed by atoms with Gasteiger partial charge in [-0.2, -0.15) is 0 Å². The Hall–Kier alpha value is 0.101. The van der Waals surface area contributed by atoms with E-state index in [4.69, 9.17) is 16.5 Å². The van der Waals surface area contributed by atoms with E-state index in [0.717, 1.165) is 71.0 Å². The molecule has 0 aromatic rings. The van der Waals surface area contributed by atoms with Crippen molar-refractivity contribution in [1.82, 2.24) is 0 Å². The average molecular weight is 898 g/mol. The normalized spacial score (nSPS) is 35.9. The molecule has 12 unspecified atom stereocenters. The first-order valence-corrected chi connectivity index (χ1v) is 42.6. The van der Waals surface area contributed by atoms with Crippen molar-refractivity contribution in [1.29, 1.82) is 0 Å². The largest absolute Gasteiger partial charge is 0.437 e. The highest BCUT2D eigenvalue weighted by Gasteiger charge is 2.45. The molecule has 4 fully saturated rings. The molecular weight excluding hydrogens is 809 g/mol. The Kier molecular flexibility index (Phi) is 14.3. The maximum atomic E-state index is 6.88. The van der Waals surface area contributed by atoms with Gasteiger partial charge in [-0.05, 0) is 225 Å². The third-order valence-electron chi connectivity index (χ3n) is 16.2. The molecule has 8 bridgehead atoms. The quantitative estimate of drug-likeness (QED) is 0.0901. The second-order valence-corrected chi connectivity index (χ2v) is 49.5. The molecule has 0 saturated heterocycles. The Bertz CT molecular complexity index is 1310. The van der Waals surface area contributed by atoms with E-state index in [2.05, 4.69) is 127 Å². The maximum absolute atomic E-state index is 6.88. The SMILES string of the molecule is C[Si](C)(CCC1CC2C=CC1C2)O[Si](C)(C)O[Si](C)(C)CCC1CC2C=CC1C2.C[Si](C)(CCC1CC2C=CC1C2)O[Si](C)(C)O[Si](C)(C)CCC1CC2C=CC1C2. The van der Waals surface area contributed by atoms with Gasteiger partial charge in [0.1, 0.15) is 0 Å². The Morgan fingerprint density at radius 2 is 0.517 bits per heavy atom. The van der Waals surface area contributed by atoms with Gasteiger partial charge >= 0.3 is 17.1 Å². The van der Waals surface area contributed by atoms with Crippen LogP contribution in [0.15, 0.2) is 48.6 Å². The van der Waals surface area contributed by atoms with Crippen molar-refractivity contribution in [3.8, 4) is 0 Å². The Morgan fingerprint density at radius 3 is 0.672 bits per heavy atom. The summed E-state index contributed by atoms with van der Waals surface area (Å²) in [6.07, 6.45) is 36.7. The predicted molar refractivity (Wildman–Crippen MR) is 262 cm³/mol. The molecule has 0 radical (unpaired) electrons. The molecule has 0 aromatic carbocycles. The number of hydrogen-bond donors (Lipinski definition) is 0. The molecule has 12 atom stereocenters. The Balaban J connectivity index is 0.000000177. The van der Waals surface area contributed by atoms with E-state index in [-0.39, 0.29) is 0 Å². The zero-order valence-corrected chi connectivity index (χ0v) is 45.5. The molecule has 8 rings (SSSR count). The van der Waals surface area contributed by atoms with E-state index in [1.165, 1.54) is 101 Å². The zero-order chi connectivity index (χ0) is 41.7. The minimum Gasteiger partial charge on any atom is -0.437 e. The van der Waals surface area contributed by atoms with Crippen LogP contribution in [0.1, 0.15) is 77.0 Å². The minimum atomic E-state index is -2.07. The summed E-state index contributed by atoms with van der Waals surface area (Å²) >= 11 is 0. The van der Waals surface area contributed by atoms with Crippen LogP contribution in [0.2, 0.25) is 103 Å². The van der Waals surface area contributed by atoms with Gasteiger partial charge in [0.25, 0.3) is 0 Å². The van der Waals surface area contributed by atoms with Gasteiger partial charge < -0.3 is 16.5 Å². The van der Waals surface area contributed by atoms with Gasteiger partial charge in [0.15, 0.2) is 33.3 Å². The number of fused-ring (bicyclic) bond motifs is 8. The van der Waals surface area contributed by atoms with Crippen molar-refractivity contribution in [2.24, 2.45) is 71.0 Å². The molecule has 58 heavy (non-hydrogen) atoms. The minimum absolute atomic E-state index is 0.873. The van der Waals surface area contributed by atoms with Crippen molar-refractivity contribution >= 4 is 50.4 Å². The predicted octanol–water partition coefficient (Wildman–Crippen LogP) is 14.7. The molecular formula is C48H88O4Si6. The lowest BCUT2D eigenvalue weighted by Crippen LogP contribution is -2.52. The summed E-state index contributed by atoms with van der Waals surface area (Å²) in [6, 6.07) is 5.20. The van der Waals surface area contributed by atoms with Crippen molar-refractivity contribution in [3.63, 3.8) is 0 Å². The topological polar surface area (TPSA) is 36.9 Å². The van der Waals surface area contributed by atoms with Crippen LogP contribution in [-0.2, 0) is 16.5 Å². The van der Waals surface area contributed by atoms with Crippen LogP contribution in [-0.4, -0.2) is 50.4 Å². The van der Waals surface area contributed by atoms with Gasteiger partial charge in [0.2, 0.25) is 0 Å². The van der Waals surface area contributed by atoms with Crippen LogP contribution in [0.5, 0.6) is 0 Å². The maximum Gasteiger partial charge on any atom is 0.311 e. The highest BCUT2D eigenvalue weighted by Crippen LogP contribution is 2.49. The van der Waals surface area contributed by atoms with Gasteiger partial charge in [-0.25, -0.2) is 0 Å². The smallest absolute Gasteiger partial charge is 0.311 e. The number of allylic oxidation sites excluding steroid dienone is 8. The van der Waals surface area contributed by atoms with Crippen molar-refractivity contribution in [2.45, 2.75) is 180 Å². The third-order valence-corrected chi connectivity index (χ3v) is 38.9. The highest BCUT2D eigenvalue weighted by atomic mass is 28.5. The molecule has 0 heterocycles. The second-order valence-electron chi connectivity index (χ2n) is 24.6. The summed E-state index contributed by atoms with van der Waals surface area (Å²) in [5.74, 6) is 10.8. The molecule has 328 valence electrons. The van der Waals surface area contributed by atoms with E-state index < -0.39 is 50.4 Å². The van der Waals surface area contributed by atoms with E-state index in [0.29, 0.717) is 0 Å². The van der Waals surface area contributed by atoms with Crippen molar-refractivity contribution < 1.29 is 16.5 Å². The van der Waals surface area contributed by atoms with E-state index in [9.17, 15) is 0 Å². The first kappa shape index (κ1) is 46.1. The fraction of sp³-hybridized carbons (Fsp3) is 0.833. The molecule has 0 aliphatic heterocycles. The van der Waals surface area contributed by atoms with Crippen LogP contribution >= 0.6 is 0 Å². The zero-order valence-electron chi connectivity index (χ0n) is 39.5. The van der Waals surface area contributed by atoms with Crippen molar-refractivity contribution in [3.05, 3.63) is 48.6 Å². The van der Waals surface area contributed by atoms with Gasteiger partial charge in [-0.1, -0.05) is 74.3 Å². The molecule has 8 aliphatic rings. The van der Waals surface area contributed by atoms with Gasteiger partial charge in [0, 0.05) is 0 Å². The molecule has 4 nitrogen and oxygen atoms in total. The Labute approximate surface area is 364 Å². The van der Waals surface area contributed by atoms with Gasteiger partial charge in [0.05, 0.1) is 0 Å². The number of hydrogen-bond acceptors (Lipinski definition) is 4. The van der Waals surface area contributed by atoms with Gasteiger partial charge in [-0.15, -0.1) is 0 Å². The first-order valence-electron chi connectivity index (χ1n) is 24.5. The fourth-order valence-corrected chi connectivity index (χ4v) is 42.2.